The lowest BCUT2D eigenvalue weighted by molar-refractivity contribution is 0.0697. The van der Waals surface area contributed by atoms with Crippen LogP contribution in [0.2, 0.25) is 0 Å². The van der Waals surface area contributed by atoms with Gasteiger partial charge >= 0.3 is 5.97 Å². The van der Waals surface area contributed by atoms with E-state index in [1.54, 1.807) is 24.3 Å². The topological polar surface area (TPSA) is 46.5 Å². The fourth-order valence-electron chi connectivity index (χ4n) is 2.32. The Labute approximate surface area is 143 Å². The maximum absolute atomic E-state index is 10.8. The molecule has 0 aliphatic heterocycles. The van der Waals surface area contributed by atoms with Crippen LogP contribution in [0.4, 0.5) is 0 Å². The summed E-state index contributed by atoms with van der Waals surface area (Å²) < 4.78 is 5.73. The van der Waals surface area contributed by atoms with E-state index in [0.717, 1.165) is 29.9 Å². The van der Waals surface area contributed by atoms with E-state index in [2.05, 4.69) is 6.92 Å². The van der Waals surface area contributed by atoms with Crippen molar-refractivity contribution in [3.05, 3.63) is 65.2 Å². The summed E-state index contributed by atoms with van der Waals surface area (Å²) in [5.41, 5.74) is 2.35. The van der Waals surface area contributed by atoms with Crippen LogP contribution in [0.25, 0.3) is 12.2 Å². The molecule has 0 spiro atoms. The van der Waals surface area contributed by atoms with Gasteiger partial charge in [-0.25, -0.2) is 4.79 Å². The highest BCUT2D eigenvalue weighted by Gasteiger charge is 2.00. The van der Waals surface area contributed by atoms with Gasteiger partial charge < -0.3 is 9.84 Å². The van der Waals surface area contributed by atoms with Crippen LogP contribution in [0, 0.1) is 0 Å². The van der Waals surface area contributed by atoms with Crippen molar-refractivity contribution >= 4 is 18.1 Å². The van der Waals surface area contributed by atoms with Crippen LogP contribution in [0.1, 0.15) is 54.1 Å². The average molecular weight is 324 g/mol. The second kappa shape index (κ2) is 9.56. The van der Waals surface area contributed by atoms with Crippen LogP contribution in [0.3, 0.4) is 0 Å². The lowest BCUT2D eigenvalue weighted by Crippen LogP contribution is -1.96. The molecular weight excluding hydrogens is 300 g/mol. The minimum Gasteiger partial charge on any atom is -0.494 e. The molecule has 2 aromatic rings. The first-order chi connectivity index (χ1) is 11.7. The van der Waals surface area contributed by atoms with E-state index in [9.17, 15) is 4.79 Å². The molecule has 2 aromatic carbocycles. The molecule has 3 nitrogen and oxygen atoms in total. The first-order valence-electron chi connectivity index (χ1n) is 8.43. The molecule has 2 rings (SSSR count). The maximum atomic E-state index is 10.8. The summed E-state index contributed by atoms with van der Waals surface area (Å²) in [5.74, 6) is -0.00901. The van der Waals surface area contributed by atoms with Crippen molar-refractivity contribution in [3.8, 4) is 5.75 Å². The van der Waals surface area contributed by atoms with Crippen LogP contribution in [-0.4, -0.2) is 17.7 Å². The molecule has 0 aliphatic carbocycles. The van der Waals surface area contributed by atoms with Gasteiger partial charge in [0.05, 0.1) is 12.2 Å². The Morgan fingerprint density at radius 1 is 0.917 bits per heavy atom. The Hall–Kier alpha value is -2.55. The molecule has 0 saturated heterocycles. The SMILES string of the molecule is CCCCCCOc1ccc(/C=C\c2ccc(C(=O)O)cc2)cc1. The van der Waals surface area contributed by atoms with E-state index in [-0.39, 0.29) is 0 Å². The Bertz CT molecular complexity index is 654. The molecule has 1 N–H and O–H groups in total. The van der Waals surface area contributed by atoms with Crippen molar-refractivity contribution in [2.45, 2.75) is 32.6 Å². The quantitative estimate of drug-likeness (QED) is 0.488. The standard InChI is InChI=1S/C21H24O3/c1-2-3-4-5-16-24-20-14-10-18(11-15-20)7-6-17-8-12-19(13-9-17)21(22)23/h6-15H,2-5,16H2,1H3,(H,22,23)/b7-6-. The minimum atomic E-state index is -0.907. The number of rotatable bonds is 9. The predicted octanol–water partition coefficient (Wildman–Crippen LogP) is 5.51. The third kappa shape index (κ3) is 5.92. The zero-order chi connectivity index (χ0) is 17.2. The maximum Gasteiger partial charge on any atom is 0.335 e. The molecular formula is C21H24O3. The van der Waals surface area contributed by atoms with Gasteiger partial charge in [0.15, 0.2) is 0 Å². The highest BCUT2D eigenvalue weighted by Crippen LogP contribution is 2.15. The summed E-state index contributed by atoms with van der Waals surface area (Å²) in [6.07, 6.45) is 8.79. The zero-order valence-corrected chi connectivity index (χ0v) is 14.1. The second-order valence-electron chi connectivity index (χ2n) is 5.74. The van der Waals surface area contributed by atoms with Crippen LogP contribution in [-0.2, 0) is 0 Å². The zero-order valence-electron chi connectivity index (χ0n) is 14.1. The second-order valence-corrected chi connectivity index (χ2v) is 5.74. The molecule has 0 saturated carbocycles. The summed E-state index contributed by atoms with van der Waals surface area (Å²) >= 11 is 0. The van der Waals surface area contributed by atoms with E-state index in [1.807, 2.05) is 36.4 Å². The summed E-state index contributed by atoms with van der Waals surface area (Å²) in [4.78, 5) is 10.8. The first-order valence-corrected chi connectivity index (χ1v) is 8.43. The third-order valence-electron chi connectivity index (χ3n) is 3.77. The molecule has 24 heavy (non-hydrogen) atoms. The molecule has 0 heterocycles. The largest absolute Gasteiger partial charge is 0.494 e. The third-order valence-corrected chi connectivity index (χ3v) is 3.77. The monoisotopic (exact) mass is 324 g/mol. The first kappa shape index (κ1) is 17.8. The van der Waals surface area contributed by atoms with Gasteiger partial charge in [0, 0.05) is 0 Å². The lowest BCUT2D eigenvalue weighted by atomic mass is 10.1. The smallest absolute Gasteiger partial charge is 0.335 e. The molecule has 0 unspecified atom stereocenters. The molecule has 3 heteroatoms. The van der Waals surface area contributed by atoms with Crippen molar-refractivity contribution in [2.75, 3.05) is 6.61 Å². The average Bonchev–Trinajstić information content (AvgIpc) is 2.61. The van der Waals surface area contributed by atoms with Gasteiger partial charge in [-0.3, -0.25) is 0 Å². The van der Waals surface area contributed by atoms with Crippen LogP contribution in [0.15, 0.2) is 48.5 Å². The number of carboxylic acid groups (broad SMARTS) is 1. The van der Waals surface area contributed by atoms with Crippen molar-refractivity contribution in [3.63, 3.8) is 0 Å². The van der Waals surface area contributed by atoms with Gasteiger partial charge in [-0.1, -0.05) is 62.6 Å². The lowest BCUT2D eigenvalue weighted by Gasteiger charge is -2.06. The number of benzene rings is 2. The van der Waals surface area contributed by atoms with Crippen molar-refractivity contribution in [2.24, 2.45) is 0 Å². The van der Waals surface area contributed by atoms with E-state index in [1.165, 1.54) is 19.3 Å². The van der Waals surface area contributed by atoms with Gasteiger partial charge in [-0.15, -0.1) is 0 Å². The normalized spacial score (nSPS) is 10.9. The Kier molecular flexibility index (Phi) is 7.09. The fraction of sp³-hybridized carbons (Fsp3) is 0.286. The Balaban J connectivity index is 1.85. The molecule has 0 atom stereocenters. The summed E-state index contributed by atoms with van der Waals surface area (Å²) in [6, 6.07) is 14.8. The summed E-state index contributed by atoms with van der Waals surface area (Å²) in [5, 5.41) is 8.88. The Morgan fingerprint density at radius 3 is 2.04 bits per heavy atom. The van der Waals surface area contributed by atoms with Gasteiger partial charge in [0.1, 0.15) is 5.75 Å². The number of unbranched alkanes of at least 4 members (excludes halogenated alkanes) is 3. The number of ether oxygens (including phenoxy) is 1. The van der Waals surface area contributed by atoms with Crippen molar-refractivity contribution in [1.29, 1.82) is 0 Å². The fourth-order valence-corrected chi connectivity index (χ4v) is 2.32. The van der Waals surface area contributed by atoms with E-state index < -0.39 is 5.97 Å². The molecule has 0 aromatic heterocycles. The highest BCUT2D eigenvalue weighted by atomic mass is 16.5. The summed E-state index contributed by atoms with van der Waals surface area (Å²) in [6.45, 7) is 2.97. The van der Waals surface area contributed by atoms with Gasteiger partial charge in [-0.2, -0.15) is 0 Å². The molecule has 126 valence electrons. The number of carboxylic acids is 1. The number of hydrogen-bond donors (Lipinski definition) is 1. The predicted molar refractivity (Wildman–Crippen MR) is 98.4 cm³/mol. The minimum absolute atomic E-state index is 0.299. The summed E-state index contributed by atoms with van der Waals surface area (Å²) in [7, 11) is 0. The van der Waals surface area contributed by atoms with Gasteiger partial charge in [0.2, 0.25) is 0 Å². The van der Waals surface area contributed by atoms with Gasteiger partial charge in [0.25, 0.3) is 0 Å². The van der Waals surface area contributed by atoms with E-state index in [4.69, 9.17) is 9.84 Å². The van der Waals surface area contributed by atoms with E-state index >= 15 is 0 Å². The molecule has 0 fully saturated rings. The molecule has 0 radical (unpaired) electrons. The number of aromatic carboxylic acids is 1. The van der Waals surface area contributed by atoms with E-state index in [0.29, 0.717) is 5.56 Å². The number of hydrogen-bond acceptors (Lipinski definition) is 2. The molecule has 0 amide bonds. The Morgan fingerprint density at radius 2 is 1.50 bits per heavy atom. The number of carbonyl (C=O) groups is 1. The van der Waals surface area contributed by atoms with Gasteiger partial charge in [-0.05, 0) is 41.8 Å². The molecule has 0 aliphatic rings. The highest BCUT2D eigenvalue weighted by molar-refractivity contribution is 5.88. The van der Waals surface area contributed by atoms with Crippen LogP contribution >= 0.6 is 0 Å². The van der Waals surface area contributed by atoms with Crippen LogP contribution in [0.5, 0.6) is 5.75 Å². The van der Waals surface area contributed by atoms with Crippen molar-refractivity contribution < 1.29 is 14.6 Å². The van der Waals surface area contributed by atoms with Crippen molar-refractivity contribution in [1.82, 2.24) is 0 Å². The molecule has 0 bridgehead atoms. The van der Waals surface area contributed by atoms with Crippen LogP contribution < -0.4 is 4.74 Å².